The number of piperazine rings is 1. The average molecular weight is 457 g/mol. The van der Waals surface area contributed by atoms with Gasteiger partial charge >= 0.3 is 0 Å². The second kappa shape index (κ2) is 11.7. The SMILES string of the molecule is CC(C(=O)Nc1cccc(F)c1)N1CCN(C(=O)Cc2ccc(N)cc2)CC1.Cl.Cl. The van der Waals surface area contributed by atoms with Crippen molar-refractivity contribution in [1.29, 1.82) is 0 Å². The standard InChI is InChI=1S/C21H25FN4O2.2ClH/c1-15(21(28)24-19-4-2-3-17(22)14-19)25-9-11-26(12-10-25)20(27)13-16-5-7-18(23)8-6-16;;/h2-8,14-15H,9-13,23H2,1H3,(H,24,28);2*1H. The second-order valence-electron chi connectivity index (χ2n) is 7.01. The van der Waals surface area contributed by atoms with Crippen LogP contribution in [0.2, 0.25) is 0 Å². The van der Waals surface area contributed by atoms with Crippen molar-refractivity contribution in [3.05, 3.63) is 59.9 Å². The lowest BCUT2D eigenvalue weighted by Gasteiger charge is -2.37. The van der Waals surface area contributed by atoms with E-state index in [1.807, 2.05) is 28.9 Å². The van der Waals surface area contributed by atoms with Crippen LogP contribution in [-0.2, 0) is 16.0 Å². The highest BCUT2D eigenvalue weighted by Gasteiger charge is 2.27. The van der Waals surface area contributed by atoms with E-state index in [4.69, 9.17) is 5.73 Å². The Hall–Kier alpha value is -2.35. The van der Waals surface area contributed by atoms with Gasteiger partial charge in [-0.05, 0) is 42.8 Å². The van der Waals surface area contributed by atoms with Crippen LogP contribution in [0, 0.1) is 5.82 Å². The van der Waals surface area contributed by atoms with Gasteiger partial charge in [-0.1, -0.05) is 18.2 Å². The molecule has 1 heterocycles. The zero-order valence-electron chi connectivity index (χ0n) is 16.7. The fourth-order valence-electron chi connectivity index (χ4n) is 3.26. The predicted molar refractivity (Wildman–Crippen MR) is 122 cm³/mol. The van der Waals surface area contributed by atoms with Crippen LogP contribution >= 0.6 is 24.8 Å². The zero-order valence-corrected chi connectivity index (χ0v) is 18.3. The third-order valence-corrected chi connectivity index (χ3v) is 5.02. The number of hydrogen-bond donors (Lipinski definition) is 2. The summed E-state index contributed by atoms with van der Waals surface area (Å²) in [6.07, 6.45) is 0.343. The maximum atomic E-state index is 13.3. The van der Waals surface area contributed by atoms with Crippen molar-refractivity contribution in [2.45, 2.75) is 19.4 Å². The van der Waals surface area contributed by atoms with Crippen LogP contribution in [0.1, 0.15) is 12.5 Å². The van der Waals surface area contributed by atoms with Crippen molar-refractivity contribution in [3.8, 4) is 0 Å². The third kappa shape index (κ3) is 6.86. The first-order valence-corrected chi connectivity index (χ1v) is 9.35. The number of carbonyl (C=O) groups excluding carboxylic acids is 2. The minimum Gasteiger partial charge on any atom is -0.399 e. The van der Waals surface area contributed by atoms with Gasteiger partial charge < -0.3 is 16.0 Å². The molecule has 1 aliphatic rings. The number of anilines is 2. The molecule has 2 aromatic rings. The maximum absolute atomic E-state index is 13.3. The Bertz CT molecular complexity index is 843. The monoisotopic (exact) mass is 456 g/mol. The normalized spacial score (nSPS) is 14.8. The summed E-state index contributed by atoms with van der Waals surface area (Å²) in [4.78, 5) is 28.8. The molecule has 1 fully saturated rings. The largest absolute Gasteiger partial charge is 0.399 e. The molecule has 1 aliphatic heterocycles. The summed E-state index contributed by atoms with van der Waals surface area (Å²) in [5.41, 5.74) is 7.72. The Labute approximate surface area is 188 Å². The highest BCUT2D eigenvalue weighted by Crippen LogP contribution is 2.14. The first kappa shape index (κ1) is 25.7. The van der Waals surface area contributed by atoms with Gasteiger partial charge in [0, 0.05) is 37.6 Å². The molecule has 3 N–H and O–H groups in total. The van der Waals surface area contributed by atoms with Gasteiger partial charge in [-0.15, -0.1) is 24.8 Å². The van der Waals surface area contributed by atoms with Gasteiger partial charge in [0.2, 0.25) is 11.8 Å². The van der Waals surface area contributed by atoms with Crippen LogP contribution in [0.3, 0.4) is 0 Å². The molecular formula is C21H27Cl2FN4O2. The Morgan fingerprint density at radius 2 is 1.70 bits per heavy atom. The van der Waals surface area contributed by atoms with Crippen LogP contribution in [0.25, 0.3) is 0 Å². The highest BCUT2D eigenvalue weighted by molar-refractivity contribution is 5.94. The van der Waals surface area contributed by atoms with Gasteiger partial charge in [-0.25, -0.2) is 4.39 Å². The van der Waals surface area contributed by atoms with Crippen LogP contribution in [-0.4, -0.2) is 53.8 Å². The van der Waals surface area contributed by atoms with Crippen LogP contribution < -0.4 is 11.1 Å². The Morgan fingerprint density at radius 1 is 1.07 bits per heavy atom. The maximum Gasteiger partial charge on any atom is 0.241 e. The molecule has 3 rings (SSSR count). The molecule has 2 amide bonds. The Kier molecular flexibility index (Phi) is 10.0. The van der Waals surface area contributed by atoms with E-state index in [0.717, 1.165) is 5.56 Å². The minimum atomic E-state index is -0.390. The first-order valence-electron chi connectivity index (χ1n) is 9.35. The molecular weight excluding hydrogens is 430 g/mol. The van der Waals surface area contributed by atoms with E-state index in [1.54, 1.807) is 24.3 Å². The number of nitrogens with one attached hydrogen (secondary N) is 1. The van der Waals surface area contributed by atoms with Gasteiger partial charge in [-0.3, -0.25) is 14.5 Å². The predicted octanol–water partition coefficient (Wildman–Crippen LogP) is 2.97. The summed E-state index contributed by atoms with van der Waals surface area (Å²) in [6, 6.07) is 12.8. The van der Waals surface area contributed by atoms with E-state index in [0.29, 0.717) is 44.0 Å². The van der Waals surface area contributed by atoms with Gasteiger partial charge in [-0.2, -0.15) is 0 Å². The van der Waals surface area contributed by atoms with Gasteiger partial charge in [0.05, 0.1) is 12.5 Å². The van der Waals surface area contributed by atoms with Crippen molar-refractivity contribution in [2.75, 3.05) is 37.2 Å². The molecule has 1 atom stereocenters. The summed E-state index contributed by atoms with van der Waals surface area (Å²) < 4.78 is 13.3. The molecule has 1 saturated heterocycles. The molecule has 0 aromatic heterocycles. The molecule has 30 heavy (non-hydrogen) atoms. The lowest BCUT2D eigenvalue weighted by atomic mass is 10.1. The van der Waals surface area contributed by atoms with Crippen molar-refractivity contribution in [3.63, 3.8) is 0 Å². The third-order valence-electron chi connectivity index (χ3n) is 5.02. The van der Waals surface area contributed by atoms with Crippen molar-refractivity contribution < 1.29 is 14.0 Å². The van der Waals surface area contributed by atoms with E-state index < -0.39 is 5.82 Å². The lowest BCUT2D eigenvalue weighted by molar-refractivity contribution is -0.133. The van der Waals surface area contributed by atoms with E-state index in [1.165, 1.54) is 12.1 Å². The van der Waals surface area contributed by atoms with E-state index in [-0.39, 0.29) is 42.7 Å². The quantitative estimate of drug-likeness (QED) is 0.677. The number of nitrogen functional groups attached to an aromatic ring is 1. The number of benzene rings is 2. The number of rotatable bonds is 5. The van der Waals surface area contributed by atoms with Crippen LogP contribution in [0.4, 0.5) is 15.8 Å². The van der Waals surface area contributed by atoms with E-state index in [2.05, 4.69) is 5.32 Å². The fourth-order valence-corrected chi connectivity index (χ4v) is 3.26. The number of hydrogen-bond acceptors (Lipinski definition) is 4. The van der Waals surface area contributed by atoms with Crippen molar-refractivity contribution >= 4 is 48.0 Å². The molecule has 9 heteroatoms. The van der Waals surface area contributed by atoms with Crippen LogP contribution in [0.5, 0.6) is 0 Å². The number of amides is 2. The average Bonchev–Trinajstić information content (AvgIpc) is 2.69. The number of halogens is 3. The summed E-state index contributed by atoms with van der Waals surface area (Å²) in [5.74, 6) is -0.507. The van der Waals surface area contributed by atoms with Gasteiger partial charge in [0.1, 0.15) is 5.82 Å². The molecule has 0 saturated carbocycles. The molecule has 1 unspecified atom stereocenters. The Morgan fingerprint density at radius 3 is 2.30 bits per heavy atom. The van der Waals surface area contributed by atoms with E-state index in [9.17, 15) is 14.0 Å². The summed E-state index contributed by atoms with van der Waals surface area (Å²) >= 11 is 0. The molecule has 2 aromatic carbocycles. The Balaban J connectivity index is 0.00000225. The summed E-state index contributed by atoms with van der Waals surface area (Å²) in [7, 11) is 0. The molecule has 0 radical (unpaired) electrons. The molecule has 6 nitrogen and oxygen atoms in total. The zero-order chi connectivity index (χ0) is 20.1. The van der Waals surface area contributed by atoms with Crippen LogP contribution in [0.15, 0.2) is 48.5 Å². The lowest BCUT2D eigenvalue weighted by Crippen LogP contribution is -2.54. The van der Waals surface area contributed by atoms with Gasteiger partial charge in [0.25, 0.3) is 0 Å². The summed E-state index contributed by atoms with van der Waals surface area (Å²) in [6.45, 7) is 4.20. The minimum absolute atomic E-state index is 0. The molecule has 164 valence electrons. The number of nitrogens with zero attached hydrogens (tertiary/aromatic N) is 2. The number of nitrogens with two attached hydrogens (primary N) is 1. The topological polar surface area (TPSA) is 78.7 Å². The molecule has 0 spiro atoms. The molecule has 0 bridgehead atoms. The summed E-state index contributed by atoms with van der Waals surface area (Å²) in [5, 5.41) is 2.74. The van der Waals surface area contributed by atoms with Crippen molar-refractivity contribution in [2.24, 2.45) is 0 Å². The molecule has 0 aliphatic carbocycles. The smallest absolute Gasteiger partial charge is 0.241 e. The van der Waals surface area contributed by atoms with Gasteiger partial charge in [0.15, 0.2) is 0 Å². The second-order valence-corrected chi connectivity index (χ2v) is 7.01. The first-order chi connectivity index (χ1) is 13.4. The number of carbonyl (C=O) groups is 2. The highest BCUT2D eigenvalue weighted by atomic mass is 35.5. The van der Waals surface area contributed by atoms with E-state index >= 15 is 0 Å². The van der Waals surface area contributed by atoms with Crippen molar-refractivity contribution in [1.82, 2.24) is 9.80 Å². The fraction of sp³-hybridized carbons (Fsp3) is 0.333.